The molecule has 202 valence electrons. The van der Waals surface area contributed by atoms with Crippen LogP contribution in [0.15, 0.2) is 24.3 Å². The number of benzene rings is 1. The standard InChI is InChI=1S/C29H40N2O6/c1-7-10-23(30-26(33)37-28(3,4)5)25(32)36-29(17-14-21-12-8-11-20(2)19-21)16-9-13-24-22(29)15-18-31(24)27(34)35-6/h8,11-12,19,22-24H,7,9-10,13,15-16,18H2,1-6H3,(H,30,33)/t22-,23+,24-,29-/m1/s1. The Morgan fingerprint density at radius 2 is 2.00 bits per heavy atom. The minimum Gasteiger partial charge on any atom is -0.453 e. The van der Waals surface area contributed by atoms with E-state index >= 15 is 0 Å². The van der Waals surface area contributed by atoms with Crippen molar-refractivity contribution in [2.45, 2.75) is 96.4 Å². The number of alkyl carbamates (subject to hydrolysis) is 1. The average Bonchev–Trinajstić information content (AvgIpc) is 3.26. The predicted octanol–water partition coefficient (Wildman–Crippen LogP) is 4.96. The Hall–Kier alpha value is -3.21. The van der Waals surface area contributed by atoms with Crippen LogP contribution in [-0.4, -0.2) is 60.0 Å². The molecule has 1 aromatic carbocycles. The first kappa shape index (κ1) is 28.4. The lowest BCUT2D eigenvalue weighted by Crippen LogP contribution is -2.54. The number of methoxy groups -OCH3 is 1. The van der Waals surface area contributed by atoms with E-state index in [2.05, 4.69) is 17.2 Å². The fraction of sp³-hybridized carbons (Fsp3) is 0.621. The molecule has 8 heteroatoms. The Labute approximate surface area is 220 Å². The van der Waals surface area contributed by atoms with E-state index in [9.17, 15) is 14.4 Å². The van der Waals surface area contributed by atoms with Gasteiger partial charge in [0.1, 0.15) is 11.6 Å². The molecule has 1 aromatic rings. The number of nitrogens with one attached hydrogen (secondary N) is 1. The van der Waals surface area contributed by atoms with Crippen molar-refractivity contribution >= 4 is 18.2 Å². The summed E-state index contributed by atoms with van der Waals surface area (Å²) in [5.41, 5.74) is 0.135. The van der Waals surface area contributed by atoms with E-state index in [-0.39, 0.29) is 18.1 Å². The van der Waals surface area contributed by atoms with Gasteiger partial charge in [0.05, 0.1) is 7.11 Å². The van der Waals surface area contributed by atoms with Gasteiger partial charge in [-0.2, -0.15) is 0 Å². The summed E-state index contributed by atoms with van der Waals surface area (Å²) in [6.45, 7) is 9.76. The van der Waals surface area contributed by atoms with E-state index in [0.29, 0.717) is 32.2 Å². The number of carbonyl (C=O) groups is 3. The number of hydrogen-bond donors (Lipinski definition) is 1. The number of amides is 2. The van der Waals surface area contributed by atoms with E-state index < -0.39 is 29.3 Å². The third-order valence-electron chi connectivity index (χ3n) is 6.87. The summed E-state index contributed by atoms with van der Waals surface area (Å²) in [5.74, 6) is 5.87. The van der Waals surface area contributed by atoms with Gasteiger partial charge in [0.2, 0.25) is 0 Å². The number of esters is 1. The molecule has 0 aromatic heterocycles. The number of nitrogens with zero attached hydrogens (tertiary/aromatic N) is 1. The zero-order chi connectivity index (χ0) is 27.2. The summed E-state index contributed by atoms with van der Waals surface area (Å²) in [4.78, 5) is 40.2. The van der Waals surface area contributed by atoms with Gasteiger partial charge in [0.15, 0.2) is 5.60 Å². The molecule has 1 saturated carbocycles. The van der Waals surface area contributed by atoms with Gasteiger partial charge >= 0.3 is 18.2 Å². The normalized spacial score (nSPS) is 23.7. The molecule has 3 rings (SSSR count). The van der Waals surface area contributed by atoms with Crippen molar-refractivity contribution in [1.82, 2.24) is 10.2 Å². The van der Waals surface area contributed by atoms with E-state index in [0.717, 1.165) is 24.0 Å². The smallest absolute Gasteiger partial charge is 0.409 e. The maximum Gasteiger partial charge on any atom is 0.409 e. The van der Waals surface area contributed by atoms with Crippen LogP contribution in [0.1, 0.15) is 77.3 Å². The number of ether oxygens (including phenoxy) is 3. The summed E-state index contributed by atoms with van der Waals surface area (Å²) in [6, 6.07) is 6.86. The zero-order valence-electron chi connectivity index (χ0n) is 22.9. The van der Waals surface area contributed by atoms with Crippen molar-refractivity contribution in [3.8, 4) is 11.8 Å². The van der Waals surface area contributed by atoms with Crippen molar-refractivity contribution < 1.29 is 28.6 Å². The maximum atomic E-state index is 13.6. The van der Waals surface area contributed by atoms with Crippen LogP contribution < -0.4 is 5.32 Å². The second-order valence-corrected chi connectivity index (χ2v) is 10.9. The van der Waals surface area contributed by atoms with Gasteiger partial charge in [-0.15, -0.1) is 0 Å². The minimum absolute atomic E-state index is 0.135. The van der Waals surface area contributed by atoms with Gasteiger partial charge in [0.25, 0.3) is 0 Å². The fourth-order valence-electron chi connectivity index (χ4n) is 5.30. The third kappa shape index (κ3) is 7.18. The molecule has 37 heavy (non-hydrogen) atoms. The highest BCUT2D eigenvalue weighted by molar-refractivity contribution is 5.82. The SMILES string of the molecule is CCC[C@H](NC(=O)OC(C)(C)C)C(=O)O[C@@]1(C#Cc2cccc(C)c2)CCC[C@@H]2[C@H]1CCN2C(=O)OC. The van der Waals surface area contributed by atoms with Gasteiger partial charge in [-0.25, -0.2) is 14.4 Å². The van der Waals surface area contributed by atoms with Crippen LogP contribution in [0.25, 0.3) is 0 Å². The monoisotopic (exact) mass is 512 g/mol. The largest absolute Gasteiger partial charge is 0.453 e. The summed E-state index contributed by atoms with van der Waals surface area (Å²) >= 11 is 0. The molecule has 1 heterocycles. The van der Waals surface area contributed by atoms with E-state index in [1.165, 1.54) is 7.11 Å². The highest BCUT2D eigenvalue weighted by Gasteiger charge is 2.54. The molecule has 0 unspecified atom stereocenters. The second-order valence-electron chi connectivity index (χ2n) is 10.9. The Morgan fingerprint density at radius 3 is 2.65 bits per heavy atom. The van der Waals surface area contributed by atoms with Crippen molar-refractivity contribution in [3.63, 3.8) is 0 Å². The number of fused-ring (bicyclic) bond motifs is 1. The molecule has 0 bridgehead atoms. The lowest BCUT2D eigenvalue weighted by molar-refractivity contribution is -0.165. The van der Waals surface area contributed by atoms with Crippen LogP contribution in [-0.2, 0) is 19.0 Å². The number of likely N-dealkylation sites (tertiary alicyclic amines) is 1. The molecular formula is C29H40N2O6. The lowest BCUT2D eigenvalue weighted by Gasteiger charge is -2.43. The van der Waals surface area contributed by atoms with E-state index in [1.54, 1.807) is 25.7 Å². The summed E-state index contributed by atoms with van der Waals surface area (Å²) in [7, 11) is 1.38. The van der Waals surface area contributed by atoms with Gasteiger partial charge in [0, 0.05) is 24.1 Å². The molecule has 1 aliphatic heterocycles. The van der Waals surface area contributed by atoms with Gasteiger partial charge in [-0.1, -0.05) is 31.4 Å². The Balaban J connectivity index is 1.93. The molecule has 2 aliphatic rings. The summed E-state index contributed by atoms with van der Waals surface area (Å²) < 4.78 is 16.7. The van der Waals surface area contributed by atoms with Crippen molar-refractivity contribution in [2.24, 2.45) is 5.92 Å². The highest BCUT2D eigenvalue weighted by atomic mass is 16.6. The number of hydrogen-bond acceptors (Lipinski definition) is 6. The molecule has 2 amide bonds. The van der Waals surface area contributed by atoms with Crippen LogP contribution in [0.2, 0.25) is 0 Å². The molecule has 1 N–H and O–H groups in total. The molecular weight excluding hydrogens is 472 g/mol. The number of carbonyl (C=O) groups excluding carboxylic acids is 3. The Kier molecular flexibility index (Phi) is 9.12. The summed E-state index contributed by atoms with van der Waals surface area (Å²) in [6.07, 6.45) is 2.76. The minimum atomic E-state index is -1.09. The predicted molar refractivity (Wildman–Crippen MR) is 140 cm³/mol. The van der Waals surface area contributed by atoms with Gasteiger partial charge in [-0.05, 0) is 83.4 Å². The first-order valence-corrected chi connectivity index (χ1v) is 13.1. The molecule has 8 nitrogen and oxygen atoms in total. The highest BCUT2D eigenvalue weighted by Crippen LogP contribution is 2.45. The van der Waals surface area contributed by atoms with E-state index in [4.69, 9.17) is 14.2 Å². The van der Waals surface area contributed by atoms with Gasteiger partial charge in [-0.3, -0.25) is 0 Å². The third-order valence-corrected chi connectivity index (χ3v) is 6.87. The molecule has 0 spiro atoms. The summed E-state index contributed by atoms with van der Waals surface area (Å²) in [5, 5.41) is 2.69. The van der Waals surface area contributed by atoms with Crippen LogP contribution in [0, 0.1) is 24.7 Å². The van der Waals surface area contributed by atoms with Crippen molar-refractivity contribution in [1.29, 1.82) is 0 Å². The Bertz CT molecular complexity index is 1050. The van der Waals surface area contributed by atoms with Crippen LogP contribution >= 0.6 is 0 Å². The van der Waals surface area contributed by atoms with Crippen LogP contribution in [0.5, 0.6) is 0 Å². The average molecular weight is 513 g/mol. The van der Waals surface area contributed by atoms with Crippen LogP contribution in [0.3, 0.4) is 0 Å². The van der Waals surface area contributed by atoms with Gasteiger partial charge < -0.3 is 24.4 Å². The van der Waals surface area contributed by atoms with Crippen molar-refractivity contribution in [3.05, 3.63) is 35.4 Å². The second kappa shape index (κ2) is 11.9. The first-order valence-electron chi connectivity index (χ1n) is 13.1. The molecule has 1 saturated heterocycles. The molecule has 2 fully saturated rings. The first-order chi connectivity index (χ1) is 17.5. The number of aryl methyl sites for hydroxylation is 1. The lowest BCUT2D eigenvalue weighted by atomic mass is 9.72. The molecule has 4 atom stereocenters. The quantitative estimate of drug-likeness (QED) is 0.340. The van der Waals surface area contributed by atoms with Crippen molar-refractivity contribution in [2.75, 3.05) is 13.7 Å². The zero-order valence-corrected chi connectivity index (χ0v) is 22.9. The Morgan fingerprint density at radius 1 is 1.24 bits per heavy atom. The molecule has 0 radical (unpaired) electrons. The number of rotatable bonds is 5. The molecule has 1 aliphatic carbocycles. The fourth-order valence-corrected chi connectivity index (χ4v) is 5.30. The van der Waals surface area contributed by atoms with Crippen LogP contribution in [0.4, 0.5) is 9.59 Å². The topological polar surface area (TPSA) is 94.2 Å². The maximum absolute atomic E-state index is 13.6. The van der Waals surface area contributed by atoms with E-state index in [1.807, 2.05) is 38.1 Å².